The molecule has 0 fully saturated rings. The largest absolute Gasteiger partial charge is 0.360 e. The molecular formula is C17H13N3O. The smallest absolute Gasteiger partial charge is 0.282 e. The predicted molar refractivity (Wildman–Crippen MR) is 83.0 cm³/mol. The molecule has 2 heterocycles. The van der Waals surface area contributed by atoms with Gasteiger partial charge in [0.1, 0.15) is 5.69 Å². The summed E-state index contributed by atoms with van der Waals surface area (Å²) in [5, 5.41) is 5.51. The Hall–Kier alpha value is -2.88. The zero-order chi connectivity index (χ0) is 14.4. The summed E-state index contributed by atoms with van der Waals surface area (Å²) in [5.41, 5.74) is 4.14. The number of aryl methyl sites for hydroxylation is 1. The number of fused-ring (bicyclic) bond motifs is 3. The molecule has 0 saturated heterocycles. The zero-order valence-electron chi connectivity index (χ0n) is 11.5. The van der Waals surface area contributed by atoms with Crippen molar-refractivity contribution in [1.29, 1.82) is 0 Å². The second kappa shape index (κ2) is 4.31. The monoisotopic (exact) mass is 275 g/mol. The number of aromatic amines is 1. The van der Waals surface area contributed by atoms with Crippen molar-refractivity contribution in [1.82, 2.24) is 14.8 Å². The van der Waals surface area contributed by atoms with Gasteiger partial charge >= 0.3 is 0 Å². The van der Waals surface area contributed by atoms with Crippen molar-refractivity contribution in [3.05, 3.63) is 70.6 Å². The maximum Gasteiger partial charge on any atom is 0.282 e. The van der Waals surface area contributed by atoms with E-state index in [2.05, 4.69) is 16.1 Å². The second-order valence-electron chi connectivity index (χ2n) is 5.15. The third-order valence-corrected chi connectivity index (χ3v) is 3.68. The zero-order valence-corrected chi connectivity index (χ0v) is 11.5. The van der Waals surface area contributed by atoms with Gasteiger partial charge in [0.15, 0.2) is 0 Å². The average Bonchev–Trinajstić information content (AvgIpc) is 2.86. The number of nitrogens with zero attached hydrogens (tertiary/aromatic N) is 2. The molecule has 2 aliphatic heterocycles. The van der Waals surface area contributed by atoms with E-state index in [1.807, 2.05) is 49.4 Å². The first-order valence-electron chi connectivity index (χ1n) is 6.80. The van der Waals surface area contributed by atoms with Crippen LogP contribution in [0.5, 0.6) is 0 Å². The van der Waals surface area contributed by atoms with Gasteiger partial charge in [-0.05, 0) is 31.2 Å². The molecule has 102 valence electrons. The van der Waals surface area contributed by atoms with Gasteiger partial charge in [-0.15, -0.1) is 0 Å². The van der Waals surface area contributed by atoms with Crippen LogP contribution < -0.4 is 5.56 Å². The molecule has 0 bridgehead atoms. The van der Waals surface area contributed by atoms with E-state index in [1.54, 1.807) is 6.20 Å². The average molecular weight is 275 g/mol. The Morgan fingerprint density at radius 1 is 1.10 bits per heavy atom. The summed E-state index contributed by atoms with van der Waals surface area (Å²) in [5.74, 6) is 0. The Kier molecular flexibility index (Phi) is 2.44. The minimum atomic E-state index is -0.101. The lowest BCUT2D eigenvalue weighted by Crippen LogP contribution is -2.14. The molecule has 0 radical (unpaired) electrons. The molecular weight excluding hydrogens is 262 g/mol. The third kappa shape index (κ3) is 1.76. The van der Waals surface area contributed by atoms with Crippen LogP contribution in [0.15, 0.2) is 59.5 Å². The van der Waals surface area contributed by atoms with Gasteiger partial charge in [0, 0.05) is 17.1 Å². The lowest BCUT2D eigenvalue weighted by atomic mass is 10.1. The number of hydrogen-bond acceptors (Lipinski definition) is 2. The Labute approximate surface area is 121 Å². The highest BCUT2D eigenvalue weighted by molar-refractivity contribution is 5.93. The maximum absolute atomic E-state index is 12.5. The molecule has 4 rings (SSSR count). The summed E-state index contributed by atoms with van der Waals surface area (Å²) in [6.07, 6.45) is 1.74. The Morgan fingerprint density at radius 2 is 1.90 bits per heavy atom. The van der Waals surface area contributed by atoms with Gasteiger partial charge in [-0.1, -0.05) is 29.8 Å². The minimum absolute atomic E-state index is 0.101. The molecule has 0 amide bonds. The molecule has 1 N–H and O–H groups in total. The van der Waals surface area contributed by atoms with Crippen molar-refractivity contribution in [3.8, 4) is 16.9 Å². The summed E-state index contributed by atoms with van der Waals surface area (Å²) in [6.45, 7) is 2.03. The predicted octanol–water partition coefficient (Wildman–Crippen LogP) is 3.13. The summed E-state index contributed by atoms with van der Waals surface area (Å²) >= 11 is 0. The number of benzene rings is 2. The van der Waals surface area contributed by atoms with E-state index in [1.165, 1.54) is 4.68 Å². The normalized spacial score (nSPS) is 11.3. The van der Waals surface area contributed by atoms with Gasteiger partial charge in [0.25, 0.3) is 5.56 Å². The molecule has 0 unspecified atom stereocenters. The number of aromatic nitrogens is 3. The molecule has 0 atom stereocenters. The molecule has 21 heavy (non-hydrogen) atoms. The van der Waals surface area contributed by atoms with Crippen LogP contribution in [0.25, 0.3) is 27.8 Å². The van der Waals surface area contributed by atoms with Gasteiger partial charge < -0.3 is 4.98 Å². The molecule has 0 aliphatic carbocycles. The highest BCUT2D eigenvalue weighted by Crippen LogP contribution is 2.26. The topological polar surface area (TPSA) is 50.7 Å². The summed E-state index contributed by atoms with van der Waals surface area (Å²) in [4.78, 5) is 15.7. The Balaban J connectivity index is 2.10. The first kappa shape index (κ1) is 11.9. The molecule has 0 saturated carbocycles. The summed E-state index contributed by atoms with van der Waals surface area (Å²) in [7, 11) is 0. The fourth-order valence-electron chi connectivity index (χ4n) is 2.62. The lowest BCUT2D eigenvalue weighted by Gasteiger charge is -2.03. The van der Waals surface area contributed by atoms with E-state index in [0.29, 0.717) is 5.56 Å². The van der Waals surface area contributed by atoms with Gasteiger partial charge in [0.2, 0.25) is 0 Å². The van der Waals surface area contributed by atoms with Crippen LogP contribution in [0.4, 0.5) is 0 Å². The highest BCUT2D eigenvalue weighted by Gasteiger charge is 2.18. The van der Waals surface area contributed by atoms with Crippen molar-refractivity contribution in [3.63, 3.8) is 0 Å². The molecule has 2 aromatic rings. The molecule has 2 aliphatic rings. The van der Waals surface area contributed by atoms with Crippen molar-refractivity contribution in [2.24, 2.45) is 0 Å². The molecule has 2 aromatic carbocycles. The first-order chi connectivity index (χ1) is 10.2. The number of rotatable bonds is 1. The quantitative estimate of drug-likeness (QED) is 0.580. The lowest BCUT2D eigenvalue weighted by molar-refractivity contribution is 0.859. The molecule has 4 heteroatoms. The van der Waals surface area contributed by atoms with Crippen molar-refractivity contribution < 1.29 is 0 Å². The standard InChI is InChI=1S/C17H13N3O/c1-11-7-8-15-13(9-11)16-14(10-18-15)17(21)20(19-16)12-5-3-2-4-6-12/h2-10,18H,1H3. The number of nitrogens with one attached hydrogen (secondary N) is 1. The van der Waals surface area contributed by atoms with Crippen molar-refractivity contribution in [2.75, 3.05) is 0 Å². The molecule has 0 aromatic heterocycles. The van der Waals surface area contributed by atoms with E-state index in [4.69, 9.17) is 0 Å². The fraction of sp³-hybridized carbons (Fsp3) is 0.0588. The molecule has 4 nitrogen and oxygen atoms in total. The minimum Gasteiger partial charge on any atom is -0.360 e. The van der Waals surface area contributed by atoms with Crippen LogP contribution in [0, 0.1) is 6.92 Å². The van der Waals surface area contributed by atoms with Crippen LogP contribution in [-0.4, -0.2) is 14.8 Å². The van der Waals surface area contributed by atoms with Crippen LogP contribution in [0.1, 0.15) is 5.56 Å². The van der Waals surface area contributed by atoms with E-state index >= 15 is 0 Å². The van der Waals surface area contributed by atoms with Crippen LogP contribution in [0.2, 0.25) is 0 Å². The summed E-state index contributed by atoms with van der Waals surface area (Å²) in [6, 6.07) is 15.6. The Morgan fingerprint density at radius 3 is 2.71 bits per heavy atom. The molecule has 0 spiro atoms. The number of hydrogen-bond donors (Lipinski definition) is 1. The Bertz CT molecular complexity index is 966. The SMILES string of the molecule is Cc1ccc2[nH]cc3c(=O)n(-c4ccccc4)nc-3c2c1. The first-order valence-corrected chi connectivity index (χ1v) is 6.80. The highest BCUT2D eigenvalue weighted by atomic mass is 16.1. The van der Waals surface area contributed by atoms with E-state index in [9.17, 15) is 4.79 Å². The van der Waals surface area contributed by atoms with E-state index in [0.717, 1.165) is 27.8 Å². The van der Waals surface area contributed by atoms with E-state index in [-0.39, 0.29) is 5.56 Å². The van der Waals surface area contributed by atoms with Crippen LogP contribution >= 0.6 is 0 Å². The van der Waals surface area contributed by atoms with E-state index < -0.39 is 0 Å². The third-order valence-electron chi connectivity index (χ3n) is 3.68. The van der Waals surface area contributed by atoms with Gasteiger partial charge in [-0.3, -0.25) is 4.79 Å². The number of H-pyrrole nitrogens is 1. The van der Waals surface area contributed by atoms with Crippen molar-refractivity contribution in [2.45, 2.75) is 6.92 Å². The number of para-hydroxylation sites is 1. The second-order valence-corrected chi connectivity index (χ2v) is 5.15. The number of pyridine rings is 1. The van der Waals surface area contributed by atoms with Gasteiger partial charge in [-0.25, -0.2) is 0 Å². The van der Waals surface area contributed by atoms with Crippen LogP contribution in [-0.2, 0) is 0 Å². The summed E-state index contributed by atoms with van der Waals surface area (Å²) < 4.78 is 1.46. The van der Waals surface area contributed by atoms with Crippen molar-refractivity contribution >= 4 is 10.9 Å². The maximum atomic E-state index is 12.5. The van der Waals surface area contributed by atoms with Gasteiger partial charge in [0.05, 0.1) is 11.3 Å². The van der Waals surface area contributed by atoms with Crippen LogP contribution in [0.3, 0.4) is 0 Å². The fourth-order valence-corrected chi connectivity index (χ4v) is 2.62. The van der Waals surface area contributed by atoms with Gasteiger partial charge in [-0.2, -0.15) is 9.78 Å².